The van der Waals surface area contributed by atoms with Crippen LogP contribution < -0.4 is 44.3 Å². The molecule has 0 unspecified atom stereocenters. The van der Waals surface area contributed by atoms with Crippen molar-refractivity contribution < 1.29 is 68.2 Å². The number of hydrogen-bond donors (Lipinski definition) is 9. The summed E-state index contributed by atoms with van der Waals surface area (Å²) in [4.78, 5) is 91.9. The SMILES string of the molecule is Cc1cc(OCCCc2c(C(=O)NS(=O)(=O)CCNC(=O)c3cc(C)n(C4CC4)c3C)[nH]c3ccccc23)cc(C)c1Cl.Cc1cc(OCCCc2c(C(=O)NS(=O)(=O)CCNC(=O)c3cc(C)n(Cc4ccccc4)c3C)[nH]c3ccccc23)cc(C)c1Cl.Cc1cc(OCCCc2c(C(=O)NS(=O)(=O)CCNC(=O)c3cc(C)n(Cc4ccncc4)c3C)[nH]c3ccccc23)cc(C)c1Cl. The number of para-hydroxylation sites is 3. The first kappa shape index (κ1) is 102. The lowest BCUT2D eigenvalue weighted by atomic mass is 10.1. The highest BCUT2D eigenvalue weighted by atomic mass is 35.5. The summed E-state index contributed by atoms with van der Waals surface area (Å²) in [5, 5.41) is 12.7. The van der Waals surface area contributed by atoms with Gasteiger partial charge in [0.1, 0.15) is 34.3 Å². The zero-order chi connectivity index (χ0) is 98.3. The molecule has 9 N–H and O–H groups in total. The molecule has 720 valence electrons. The molecule has 7 aromatic carbocycles. The smallest absolute Gasteiger partial charge is 0.281 e. The van der Waals surface area contributed by atoms with Crippen molar-refractivity contribution in [3.05, 3.63) is 326 Å². The predicted octanol–water partition coefficient (Wildman–Crippen LogP) is 17.9. The number of amides is 6. The molecule has 0 saturated heterocycles. The van der Waals surface area contributed by atoms with E-state index < -0.39 is 65.0 Å². The van der Waals surface area contributed by atoms with Gasteiger partial charge in [-0.3, -0.25) is 33.8 Å². The molecule has 1 fully saturated rings. The number of fused-ring (bicyclic) bond motifs is 3. The van der Waals surface area contributed by atoms with Crippen molar-refractivity contribution >= 4 is 133 Å². The van der Waals surface area contributed by atoms with Crippen molar-refractivity contribution in [3.63, 3.8) is 0 Å². The minimum atomic E-state index is -4.07. The third-order valence-electron chi connectivity index (χ3n) is 24.1. The molecule has 6 amide bonds. The summed E-state index contributed by atoms with van der Waals surface area (Å²) in [7, 11) is -12.2. The van der Waals surface area contributed by atoms with E-state index in [1.165, 1.54) is 0 Å². The Morgan fingerprint density at radius 3 is 0.985 bits per heavy atom. The number of carbonyl (C=O) groups is 6. The van der Waals surface area contributed by atoms with Crippen LogP contribution in [-0.4, -0.2) is 151 Å². The molecule has 1 aliphatic rings. The van der Waals surface area contributed by atoms with E-state index in [0.717, 1.165) is 141 Å². The number of ether oxygens (including phenoxy) is 3. The number of carbonyl (C=O) groups excluding carboxylic acids is 6. The van der Waals surface area contributed by atoms with E-state index in [2.05, 4.69) is 54.6 Å². The largest absolute Gasteiger partial charge is 0.494 e. The summed E-state index contributed by atoms with van der Waals surface area (Å²) in [6.45, 7) is 24.9. The van der Waals surface area contributed by atoms with E-state index in [1.54, 1.807) is 24.5 Å². The average Bonchev–Trinajstić information content (AvgIpc) is 1.64. The third kappa shape index (κ3) is 25.9. The zero-order valence-electron chi connectivity index (χ0n) is 78.6. The van der Waals surface area contributed by atoms with Crippen LogP contribution >= 0.6 is 34.8 Å². The number of pyridine rings is 1. The molecule has 7 aromatic heterocycles. The van der Waals surface area contributed by atoms with Crippen molar-refractivity contribution in [3.8, 4) is 17.2 Å². The van der Waals surface area contributed by atoms with Crippen LogP contribution in [0.3, 0.4) is 0 Å². The van der Waals surface area contributed by atoms with Crippen LogP contribution in [0.4, 0.5) is 0 Å². The summed E-state index contributed by atoms with van der Waals surface area (Å²) >= 11 is 18.8. The summed E-state index contributed by atoms with van der Waals surface area (Å²) < 4.78 is 108. The Bertz CT molecular complexity index is 6860. The van der Waals surface area contributed by atoms with Crippen LogP contribution in [0.5, 0.6) is 17.2 Å². The molecule has 1 aliphatic carbocycles. The van der Waals surface area contributed by atoms with Gasteiger partial charge in [-0.2, -0.15) is 0 Å². The maximum atomic E-state index is 13.3. The molecule has 0 spiro atoms. The highest BCUT2D eigenvalue weighted by Gasteiger charge is 2.31. The number of sulfonamides is 3. The predicted molar refractivity (Wildman–Crippen MR) is 539 cm³/mol. The molecule has 137 heavy (non-hydrogen) atoms. The van der Waals surface area contributed by atoms with Gasteiger partial charge in [0, 0.05) is 133 Å². The van der Waals surface area contributed by atoms with Gasteiger partial charge in [-0.05, 0) is 281 Å². The number of H-pyrrole nitrogens is 3. The minimum Gasteiger partial charge on any atom is -0.494 e. The molecule has 28 nitrogen and oxygen atoms in total. The number of aromatic nitrogens is 7. The van der Waals surface area contributed by atoms with E-state index in [4.69, 9.17) is 49.0 Å². The Labute approximate surface area is 813 Å². The molecule has 14 aromatic rings. The molecule has 0 bridgehead atoms. The van der Waals surface area contributed by atoms with Crippen LogP contribution in [-0.2, 0) is 62.4 Å². The van der Waals surface area contributed by atoms with Gasteiger partial charge in [-0.25, -0.2) is 39.4 Å². The van der Waals surface area contributed by atoms with Crippen LogP contribution in [0.25, 0.3) is 32.7 Å². The quantitative estimate of drug-likeness (QED) is 0.0162. The van der Waals surface area contributed by atoms with Gasteiger partial charge in [0.05, 0.1) is 53.8 Å². The standard InChI is InChI=1S/C36H39ClN4O5S.C35H38ClN5O5S.C32H37ClN4O5S/c1-23-19-28(20-24(2)33(23)37)46-17-10-14-30-29-13-8-9-15-32(29)39-34(30)36(43)40-47(44,45)18-16-38-35(42)31-21-25(3)41(26(31)4)22-27-11-6-5-7-12-27;1-22-18-27(19-23(2)32(22)36)46-16-7-9-29-28-8-5-6-10-31(28)39-33(29)35(43)40-47(44,45)17-15-38-34(42)30-20-24(3)41(25(30)4)21-26-11-13-37-14-12-26;1-19-16-24(17-20(2)29(19)33)42-14-7-9-26-25-8-5-6-10-28(25)35-30(26)32(39)36-43(40,41)15-13-34-31(38)27-18-21(3)37(22(27)4)23-11-12-23/h5-9,11-13,15,19-21,39H,10,14,16-18,22H2,1-4H3,(H,38,42)(H,40,43);5-6,8,10-14,18-20,39H,7,9,15-17,21H2,1-4H3,(H,38,42)(H,40,43);5-6,8,10,16-18,23,35H,7,9,11-15H2,1-4H3,(H,34,38)(H,36,39). The number of aromatic amines is 3. The van der Waals surface area contributed by atoms with E-state index in [0.29, 0.717) is 126 Å². The number of halogens is 3. The Hall–Kier alpha value is -12.9. The summed E-state index contributed by atoms with van der Waals surface area (Å²) in [6, 6.07) is 53.3. The van der Waals surface area contributed by atoms with Crippen LogP contribution in [0, 0.1) is 83.1 Å². The van der Waals surface area contributed by atoms with Crippen LogP contribution in [0.2, 0.25) is 15.1 Å². The van der Waals surface area contributed by atoms with Gasteiger partial charge in [-0.1, -0.05) is 120 Å². The third-order valence-corrected chi connectivity index (χ3v) is 29.6. The molecule has 0 atom stereocenters. The zero-order valence-corrected chi connectivity index (χ0v) is 83.3. The molecular formula is C103H114Cl3N13O15S3. The lowest BCUT2D eigenvalue weighted by Crippen LogP contribution is -2.38. The first-order valence-electron chi connectivity index (χ1n) is 45.2. The number of nitrogens with zero attached hydrogens (tertiary/aromatic N) is 4. The highest BCUT2D eigenvalue weighted by Crippen LogP contribution is 2.39. The summed E-state index contributed by atoms with van der Waals surface area (Å²) in [5.41, 5.74) is 19.4. The van der Waals surface area contributed by atoms with Crippen molar-refractivity contribution in [1.29, 1.82) is 0 Å². The Balaban J connectivity index is 0.000000174. The molecule has 7 heterocycles. The fraction of sp³-hybridized carbons (Fsp3) is 0.311. The molecule has 15 rings (SSSR count). The topological polar surface area (TPSA) is 380 Å². The second-order valence-corrected chi connectivity index (χ2v) is 41.2. The molecule has 1 saturated carbocycles. The summed E-state index contributed by atoms with van der Waals surface area (Å²) in [6.07, 6.45) is 8.88. The van der Waals surface area contributed by atoms with Crippen LogP contribution in [0.1, 0.15) is 196 Å². The Kier molecular flexibility index (Phi) is 33.3. The molecular weight excluding hydrogens is 1860 g/mol. The molecule has 34 heteroatoms. The monoisotopic (exact) mass is 1970 g/mol. The number of aryl methyl sites for hydroxylation is 12. The van der Waals surface area contributed by atoms with Gasteiger partial charge in [0.25, 0.3) is 35.4 Å². The minimum absolute atomic E-state index is 0.130. The van der Waals surface area contributed by atoms with Gasteiger partial charge in [-0.15, -0.1) is 0 Å². The van der Waals surface area contributed by atoms with E-state index >= 15 is 0 Å². The molecule has 0 radical (unpaired) electrons. The maximum Gasteiger partial charge on any atom is 0.281 e. The van der Waals surface area contributed by atoms with E-state index in [-0.39, 0.29) is 54.4 Å². The second-order valence-electron chi connectivity index (χ2n) is 34.5. The van der Waals surface area contributed by atoms with Gasteiger partial charge >= 0.3 is 0 Å². The van der Waals surface area contributed by atoms with Gasteiger partial charge in [0.2, 0.25) is 30.1 Å². The van der Waals surface area contributed by atoms with Crippen LogP contribution in [0.15, 0.2) is 182 Å². The maximum absolute atomic E-state index is 13.3. The first-order chi connectivity index (χ1) is 65.3. The molecule has 0 aliphatic heterocycles. The van der Waals surface area contributed by atoms with Crippen molar-refractivity contribution in [2.45, 2.75) is 154 Å². The second kappa shape index (κ2) is 44.9. The van der Waals surface area contributed by atoms with Crippen molar-refractivity contribution in [2.75, 3.05) is 56.7 Å². The van der Waals surface area contributed by atoms with Gasteiger partial charge in [0.15, 0.2) is 0 Å². The van der Waals surface area contributed by atoms with E-state index in [1.807, 2.05) is 250 Å². The highest BCUT2D eigenvalue weighted by molar-refractivity contribution is 7.90. The first-order valence-corrected chi connectivity index (χ1v) is 51.3. The van der Waals surface area contributed by atoms with Crippen molar-refractivity contribution in [2.24, 2.45) is 0 Å². The van der Waals surface area contributed by atoms with Gasteiger partial charge < -0.3 is 58.8 Å². The Morgan fingerprint density at radius 2 is 0.664 bits per heavy atom. The van der Waals surface area contributed by atoms with E-state index in [9.17, 15) is 54.0 Å². The number of nitrogens with one attached hydrogen (secondary N) is 9. The number of benzene rings is 7. The average molecular weight is 1980 g/mol. The fourth-order valence-corrected chi connectivity index (χ4v) is 19.9. The van der Waals surface area contributed by atoms with Crippen molar-refractivity contribution in [1.82, 2.24) is 63.8 Å². The normalized spacial score (nSPS) is 12.1. The number of hydrogen-bond acceptors (Lipinski definition) is 16. The summed E-state index contributed by atoms with van der Waals surface area (Å²) in [5.74, 6) is -2.55. The fourth-order valence-electron chi connectivity index (χ4n) is 17.0. The lowest BCUT2D eigenvalue weighted by Gasteiger charge is -2.11. The Morgan fingerprint density at radius 1 is 0.372 bits per heavy atom. The lowest BCUT2D eigenvalue weighted by molar-refractivity contribution is 0.0946. The number of rotatable bonds is 38.